The molecule has 17 heavy (non-hydrogen) atoms. The van der Waals surface area contributed by atoms with Crippen LogP contribution in [0, 0.1) is 5.92 Å². The van der Waals surface area contributed by atoms with E-state index < -0.39 is 0 Å². The molecule has 1 aromatic heterocycles. The predicted molar refractivity (Wildman–Crippen MR) is 62.6 cm³/mol. The minimum atomic E-state index is -0.241. The Kier molecular flexibility index (Phi) is 2.13. The maximum atomic E-state index is 12.0. The summed E-state index contributed by atoms with van der Waals surface area (Å²) in [4.78, 5) is 28.0. The Balaban J connectivity index is 1.73. The number of carbonyl (C=O) groups excluding carboxylic acids is 1. The fourth-order valence-corrected chi connectivity index (χ4v) is 2.48. The minimum Gasteiger partial charge on any atom is -0.367 e. The van der Waals surface area contributed by atoms with Gasteiger partial charge >= 0.3 is 0 Å². The zero-order valence-corrected chi connectivity index (χ0v) is 9.48. The molecule has 1 amide bonds. The highest BCUT2D eigenvalue weighted by atomic mass is 16.2. The molecule has 1 saturated carbocycles. The first-order valence-corrected chi connectivity index (χ1v) is 5.85. The molecule has 5 nitrogen and oxygen atoms in total. The van der Waals surface area contributed by atoms with Gasteiger partial charge in [-0.3, -0.25) is 9.59 Å². The van der Waals surface area contributed by atoms with Gasteiger partial charge in [0, 0.05) is 31.5 Å². The molecule has 0 atom stereocenters. The van der Waals surface area contributed by atoms with Crippen LogP contribution in [-0.2, 0) is 0 Å². The highest BCUT2D eigenvalue weighted by Gasteiger charge is 2.51. The normalized spacial score (nSPS) is 22.1. The molecule has 2 heterocycles. The first kappa shape index (κ1) is 10.5. The second-order valence-electron chi connectivity index (χ2n) is 5.09. The summed E-state index contributed by atoms with van der Waals surface area (Å²) in [5.74, 6) is 0.356. The molecule has 3 N–H and O–H groups in total. The lowest BCUT2D eigenvalue weighted by Gasteiger charge is -2.48. The highest BCUT2D eigenvalue weighted by Crippen LogP contribution is 2.43. The van der Waals surface area contributed by atoms with Crippen molar-refractivity contribution >= 4 is 5.91 Å². The van der Waals surface area contributed by atoms with Gasteiger partial charge in [0.1, 0.15) is 5.56 Å². The van der Waals surface area contributed by atoms with Crippen LogP contribution in [0.5, 0.6) is 0 Å². The predicted octanol–water partition coefficient (Wildman–Crippen LogP) is -0.0618. The van der Waals surface area contributed by atoms with Crippen LogP contribution in [-0.4, -0.2) is 34.4 Å². The topological polar surface area (TPSA) is 79.2 Å². The lowest BCUT2D eigenvalue weighted by atomic mass is 9.85. The number of aromatic nitrogens is 1. The molecule has 1 aliphatic heterocycles. The number of H-pyrrole nitrogens is 1. The van der Waals surface area contributed by atoms with Crippen LogP contribution >= 0.6 is 0 Å². The molecule has 3 rings (SSSR count). The van der Waals surface area contributed by atoms with Gasteiger partial charge in [-0.05, 0) is 18.8 Å². The van der Waals surface area contributed by atoms with Crippen LogP contribution in [0.1, 0.15) is 23.2 Å². The summed E-state index contributed by atoms with van der Waals surface area (Å²) < 4.78 is 0. The van der Waals surface area contributed by atoms with Gasteiger partial charge in [0.05, 0.1) is 5.54 Å². The number of hydrogen-bond acceptors (Lipinski definition) is 3. The molecular weight excluding hydrogens is 218 g/mol. The van der Waals surface area contributed by atoms with Crippen molar-refractivity contribution in [1.29, 1.82) is 0 Å². The summed E-state index contributed by atoms with van der Waals surface area (Å²) in [6.07, 6.45) is 5.32. The molecule has 1 aromatic rings. The third-order valence-electron chi connectivity index (χ3n) is 3.70. The number of nitrogens with zero attached hydrogens (tertiary/aromatic N) is 1. The fourth-order valence-electron chi connectivity index (χ4n) is 2.48. The summed E-state index contributed by atoms with van der Waals surface area (Å²) in [5, 5.41) is 0. The highest BCUT2D eigenvalue weighted by molar-refractivity contribution is 5.94. The van der Waals surface area contributed by atoms with Crippen molar-refractivity contribution in [1.82, 2.24) is 9.88 Å². The number of likely N-dealkylation sites (tertiary alicyclic amines) is 1. The summed E-state index contributed by atoms with van der Waals surface area (Å²) in [7, 11) is 0. The number of carbonyl (C=O) groups is 1. The minimum absolute atomic E-state index is 0.197. The second-order valence-corrected chi connectivity index (χ2v) is 5.09. The zero-order valence-electron chi connectivity index (χ0n) is 9.48. The van der Waals surface area contributed by atoms with Crippen molar-refractivity contribution < 1.29 is 4.79 Å². The number of nitrogens with one attached hydrogen (secondary N) is 1. The molecule has 1 aliphatic carbocycles. The Morgan fingerprint density at radius 3 is 2.76 bits per heavy atom. The number of rotatable bonds is 2. The van der Waals surface area contributed by atoms with Gasteiger partial charge < -0.3 is 15.6 Å². The molecule has 1 saturated heterocycles. The average Bonchev–Trinajstić information content (AvgIpc) is 3.08. The van der Waals surface area contributed by atoms with Crippen molar-refractivity contribution in [2.24, 2.45) is 11.7 Å². The van der Waals surface area contributed by atoms with Crippen molar-refractivity contribution in [2.75, 3.05) is 13.1 Å². The Hall–Kier alpha value is -1.62. The summed E-state index contributed by atoms with van der Waals surface area (Å²) in [6, 6.07) is 1.36. The maximum absolute atomic E-state index is 12.0. The van der Waals surface area contributed by atoms with Gasteiger partial charge in [-0.2, -0.15) is 0 Å². The number of pyridine rings is 1. The van der Waals surface area contributed by atoms with E-state index in [1.165, 1.54) is 31.3 Å². The Bertz CT molecular complexity index is 512. The van der Waals surface area contributed by atoms with Gasteiger partial charge in [-0.25, -0.2) is 0 Å². The molecule has 90 valence electrons. The van der Waals surface area contributed by atoms with Crippen LogP contribution < -0.4 is 11.2 Å². The monoisotopic (exact) mass is 233 g/mol. The molecule has 0 aromatic carbocycles. The van der Waals surface area contributed by atoms with E-state index in [2.05, 4.69) is 4.98 Å². The van der Waals surface area contributed by atoms with Gasteiger partial charge in [0.2, 0.25) is 0 Å². The summed E-state index contributed by atoms with van der Waals surface area (Å²) in [5.41, 5.74) is 5.93. The third kappa shape index (κ3) is 1.67. The molecule has 2 aliphatic rings. The van der Waals surface area contributed by atoms with E-state index in [1.54, 1.807) is 4.90 Å². The number of amides is 1. The number of nitrogens with two attached hydrogens (primary N) is 1. The second kappa shape index (κ2) is 3.43. The van der Waals surface area contributed by atoms with E-state index >= 15 is 0 Å². The quantitative estimate of drug-likeness (QED) is 0.751. The van der Waals surface area contributed by atoms with Crippen LogP contribution in [0.25, 0.3) is 0 Å². The number of hydrogen-bond donors (Lipinski definition) is 2. The molecule has 0 unspecified atom stereocenters. The van der Waals surface area contributed by atoms with Crippen LogP contribution in [0.15, 0.2) is 23.3 Å². The SMILES string of the molecule is NC1(C2CC2)CN(C(=O)c2c[nH]ccc2=O)C1. The molecule has 0 spiro atoms. The van der Waals surface area contributed by atoms with Gasteiger partial charge in [-0.1, -0.05) is 0 Å². The molecule has 0 bridgehead atoms. The number of aromatic amines is 1. The fraction of sp³-hybridized carbons (Fsp3) is 0.500. The van der Waals surface area contributed by atoms with E-state index in [1.807, 2.05) is 0 Å². The van der Waals surface area contributed by atoms with Crippen LogP contribution in [0.4, 0.5) is 0 Å². The van der Waals surface area contributed by atoms with Gasteiger partial charge in [0.15, 0.2) is 5.43 Å². The molecule has 5 heteroatoms. The Morgan fingerprint density at radius 2 is 2.18 bits per heavy atom. The molecule has 0 radical (unpaired) electrons. The van der Waals surface area contributed by atoms with E-state index in [4.69, 9.17) is 5.73 Å². The van der Waals surface area contributed by atoms with Crippen LogP contribution in [0.3, 0.4) is 0 Å². The van der Waals surface area contributed by atoms with E-state index in [-0.39, 0.29) is 22.4 Å². The smallest absolute Gasteiger partial charge is 0.259 e. The average molecular weight is 233 g/mol. The summed E-state index contributed by atoms with van der Waals surface area (Å²) >= 11 is 0. The Morgan fingerprint density at radius 1 is 1.47 bits per heavy atom. The lowest BCUT2D eigenvalue weighted by molar-refractivity contribution is 0.0349. The lowest BCUT2D eigenvalue weighted by Crippen LogP contribution is -2.70. The zero-order chi connectivity index (χ0) is 12.0. The molecular formula is C12H15N3O2. The standard InChI is InChI=1S/C12H15N3O2/c13-12(8-1-2-8)6-15(7-12)11(17)9-5-14-4-3-10(9)16/h3-5,8H,1-2,6-7,13H2,(H,14,16). The van der Waals surface area contributed by atoms with Crippen molar-refractivity contribution in [3.05, 3.63) is 34.2 Å². The maximum Gasteiger partial charge on any atom is 0.259 e. The van der Waals surface area contributed by atoms with Gasteiger partial charge in [0.25, 0.3) is 5.91 Å². The first-order valence-electron chi connectivity index (χ1n) is 5.85. The van der Waals surface area contributed by atoms with Gasteiger partial charge in [-0.15, -0.1) is 0 Å². The Labute approximate surface area is 98.6 Å². The first-order chi connectivity index (χ1) is 8.10. The summed E-state index contributed by atoms with van der Waals surface area (Å²) in [6.45, 7) is 1.15. The van der Waals surface area contributed by atoms with E-state index in [0.29, 0.717) is 19.0 Å². The van der Waals surface area contributed by atoms with E-state index in [9.17, 15) is 9.59 Å². The van der Waals surface area contributed by atoms with Crippen molar-refractivity contribution in [2.45, 2.75) is 18.4 Å². The molecule has 2 fully saturated rings. The van der Waals surface area contributed by atoms with Crippen molar-refractivity contribution in [3.63, 3.8) is 0 Å². The van der Waals surface area contributed by atoms with Crippen LogP contribution in [0.2, 0.25) is 0 Å². The van der Waals surface area contributed by atoms with Crippen molar-refractivity contribution in [3.8, 4) is 0 Å². The van der Waals surface area contributed by atoms with E-state index in [0.717, 1.165) is 0 Å². The largest absolute Gasteiger partial charge is 0.367 e. The third-order valence-corrected chi connectivity index (χ3v) is 3.70.